The van der Waals surface area contributed by atoms with Crippen LogP contribution in [0.3, 0.4) is 0 Å². The normalized spacial score (nSPS) is 9.83. The first-order valence-electron chi connectivity index (χ1n) is 4.34. The molecular weight excluding hydrogens is 146 g/mol. The Morgan fingerprint density at radius 2 is 2.17 bits per heavy atom. The SMILES string of the molecule is C=Nc1cc(C)ccc1CCC. The van der Waals surface area contributed by atoms with Gasteiger partial charge in [0.15, 0.2) is 0 Å². The molecule has 1 rings (SSSR count). The van der Waals surface area contributed by atoms with Crippen LogP contribution in [0.2, 0.25) is 0 Å². The molecule has 1 aromatic carbocycles. The Balaban J connectivity index is 3.02. The van der Waals surface area contributed by atoms with Gasteiger partial charge in [-0.2, -0.15) is 0 Å². The first-order valence-corrected chi connectivity index (χ1v) is 4.34. The third-order valence-electron chi connectivity index (χ3n) is 1.93. The number of benzene rings is 1. The number of rotatable bonds is 3. The van der Waals surface area contributed by atoms with Gasteiger partial charge in [-0.3, -0.25) is 4.99 Å². The third kappa shape index (κ3) is 1.94. The molecule has 0 aliphatic rings. The van der Waals surface area contributed by atoms with Crippen molar-refractivity contribution in [2.75, 3.05) is 0 Å². The van der Waals surface area contributed by atoms with Gasteiger partial charge in [0.05, 0.1) is 5.69 Å². The smallest absolute Gasteiger partial charge is 0.0656 e. The number of aryl methyl sites for hydroxylation is 2. The van der Waals surface area contributed by atoms with Crippen molar-refractivity contribution in [1.29, 1.82) is 0 Å². The molecule has 0 radical (unpaired) electrons. The van der Waals surface area contributed by atoms with E-state index in [1.54, 1.807) is 0 Å². The number of hydrogen-bond acceptors (Lipinski definition) is 1. The zero-order valence-electron chi connectivity index (χ0n) is 7.80. The van der Waals surface area contributed by atoms with Gasteiger partial charge in [-0.25, -0.2) is 0 Å². The number of nitrogens with zero attached hydrogens (tertiary/aromatic N) is 1. The van der Waals surface area contributed by atoms with Crippen molar-refractivity contribution in [2.45, 2.75) is 26.7 Å². The van der Waals surface area contributed by atoms with Gasteiger partial charge >= 0.3 is 0 Å². The fraction of sp³-hybridized carbons (Fsp3) is 0.364. The van der Waals surface area contributed by atoms with Crippen molar-refractivity contribution < 1.29 is 0 Å². The average Bonchev–Trinajstić information content (AvgIpc) is 2.08. The lowest BCUT2D eigenvalue weighted by atomic mass is 10.1. The molecule has 0 aromatic heterocycles. The fourth-order valence-corrected chi connectivity index (χ4v) is 1.30. The van der Waals surface area contributed by atoms with E-state index in [0.717, 1.165) is 18.5 Å². The summed E-state index contributed by atoms with van der Waals surface area (Å²) in [5.74, 6) is 0. The Bertz CT molecular complexity index is 276. The van der Waals surface area contributed by atoms with Crippen LogP contribution < -0.4 is 0 Å². The Morgan fingerprint density at radius 1 is 1.42 bits per heavy atom. The molecule has 0 N–H and O–H groups in total. The minimum absolute atomic E-state index is 1.04. The van der Waals surface area contributed by atoms with E-state index in [-0.39, 0.29) is 0 Å². The molecule has 0 fully saturated rings. The minimum atomic E-state index is 1.04. The molecule has 1 aromatic rings. The predicted molar refractivity (Wildman–Crippen MR) is 54.4 cm³/mol. The Kier molecular flexibility index (Phi) is 3.03. The van der Waals surface area contributed by atoms with E-state index in [4.69, 9.17) is 0 Å². The Labute approximate surface area is 74.2 Å². The van der Waals surface area contributed by atoms with Gasteiger partial charge in [-0.05, 0) is 37.3 Å². The summed E-state index contributed by atoms with van der Waals surface area (Å²) in [5, 5.41) is 0. The van der Waals surface area contributed by atoms with Crippen molar-refractivity contribution in [3.8, 4) is 0 Å². The minimum Gasteiger partial charge on any atom is -0.264 e. The van der Waals surface area contributed by atoms with Gasteiger partial charge in [0.25, 0.3) is 0 Å². The standard InChI is InChI=1S/C11H15N/c1-4-5-10-7-6-9(2)8-11(10)12-3/h6-8H,3-5H2,1-2H3. The molecule has 0 aliphatic carbocycles. The third-order valence-corrected chi connectivity index (χ3v) is 1.93. The summed E-state index contributed by atoms with van der Waals surface area (Å²) in [6.07, 6.45) is 2.25. The second kappa shape index (κ2) is 4.05. The molecule has 0 spiro atoms. The highest BCUT2D eigenvalue weighted by molar-refractivity contribution is 5.53. The van der Waals surface area contributed by atoms with E-state index in [0.29, 0.717) is 0 Å². The van der Waals surface area contributed by atoms with Crippen LogP contribution >= 0.6 is 0 Å². The average molecular weight is 161 g/mol. The first-order chi connectivity index (χ1) is 5.77. The monoisotopic (exact) mass is 161 g/mol. The lowest BCUT2D eigenvalue weighted by molar-refractivity contribution is 0.921. The van der Waals surface area contributed by atoms with Crippen LogP contribution in [0, 0.1) is 6.92 Å². The molecule has 0 bridgehead atoms. The maximum Gasteiger partial charge on any atom is 0.0656 e. The molecule has 1 nitrogen and oxygen atoms in total. The van der Waals surface area contributed by atoms with Crippen molar-refractivity contribution >= 4 is 12.4 Å². The molecule has 0 saturated carbocycles. The lowest BCUT2D eigenvalue weighted by Gasteiger charge is -2.04. The van der Waals surface area contributed by atoms with Gasteiger partial charge in [0.1, 0.15) is 0 Å². The van der Waals surface area contributed by atoms with Crippen LogP contribution in [0.25, 0.3) is 0 Å². The molecule has 0 atom stereocenters. The van der Waals surface area contributed by atoms with Crippen molar-refractivity contribution in [3.05, 3.63) is 29.3 Å². The van der Waals surface area contributed by atoms with E-state index in [1.807, 2.05) is 0 Å². The van der Waals surface area contributed by atoms with Gasteiger partial charge in [-0.15, -0.1) is 0 Å². The Hall–Kier alpha value is -1.11. The van der Waals surface area contributed by atoms with Gasteiger partial charge in [0.2, 0.25) is 0 Å². The van der Waals surface area contributed by atoms with Crippen molar-refractivity contribution in [1.82, 2.24) is 0 Å². The number of aliphatic imine (C=N–C) groups is 1. The van der Waals surface area contributed by atoms with Crippen LogP contribution in [0.1, 0.15) is 24.5 Å². The first kappa shape index (κ1) is 8.98. The quantitative estimate of drug-likeness (QED) is 0.603. The summed E-state index contributed by atoms with van der Waals surface area (Å²) in [5.41, 5.74) is 3.59. The molecule has 0 saturated heterocycles. The van der Waals surface area contributed by atoms with Gasteiger partial charge in [-0.1, -0.05) is 25.5 Å². The summed E-state index contributed by atoms with van der Waals surface area (Å²) in [4.78, 5) is 4.00. The summed E-state index contributed by atoms with van der Waals surface area (Å²) in [6.45, 7) is 7.81. The molecule has 0 amide bonds. The Morgan fingerprint density at radius 3 is 2.75 bits per heavy atom. The zero-order valence-corrected chi connectivity index (χ0v) is 7.80. The maximum atomic E-state index is 4.00. The largest absolute Gasteiger partial charge is 0.264 e. The van der Waals surface area contributed by atoms with E-state index < -0.39 is 0 Å². The summed E-state index contributed by atoms with van der Waals surface area (Å²) < 4.78 is 0. The van der Waals surface area contributed by atoms with E-state index in [9.17, 15) is 0 Å². The van der Waals surface area contributed by atoms with Crippen molar-refractivity contribution in [3.63, 3.8) is 0 Å². The predicted octanol–water partition coefficient (Wildman–Crippen LogP) is 3.28. The second-order valence-electron chi connectivity index (χ2n) is 3.04. The van der Waals surface area contributed by atoms with Crippen LogP contribution in [-0.2, 0) is 6.42 Å². The highest BCUT2D eigenvalue weighted by Gasteiger charge is 1.98. The molecule has 0 unspecified atom stereocenters. The number of hydrogen-bond donors (Lipinski definition) is 0. The van der Waals surface area contributed by atoms with E-state index in [2.05, 4.69) is 43.8 Å². The van der Waals surface area contributed by atoms with E-state index in [1.165, 1.54) is 11.1 Å². The van der Waals surface area contributed by atoms with E-state index >= 15 is 0 Å². The van der Waals surface area contributed by atoms with Crippen LogP contribution in [0.15, 0.2) is 23.2 Å². The van der Waals surface area contributed by atoms with Crippen LogP contribution in [0.5, 0.6) is 0 Å². The highest BCUT2D eigenvalue weighted by Crippen LogP contribution is 2.21. The topological polar surface area (TPSA) is 12.4 Å². The van der Waals surface area contributed by atoms with Crippen LogP contribution in [-0.4, -0.2) is 6.72 Å². The van der Waals surface area contributed by atoms with Gasteiger partial charge in [0, 0.05) is 0 Å². The maximum absolute atomic E-state index is 4.00. The molecule has 0 aliphatic heterocycles. The second-order valence-corrected chi connectivity index (χ2v) is 3.04. The molecule has 12 heavy (non-hydrogen) atoms. The van der Waals surface area contributed by atoms with Gasteiger partial charge < -0.3 is 0 Å². The fourth-order valence-electron chi connectivity index (χ4n) is 1.30. The molecule has 64 valence electrons. The summed E-state index contributed by atoms with van der Waals surface area (Å²) in [7, 11) is 0. The molecular formula is C11H15N. The summed E-state index contributed by atoms with van der Waals surface area (Å²) in [6, 6.07) is 6.35. The highest BCUT2D eigenvalue weighted by atomic mass is 14.7. The molecule has 0 heterocycles. The zero-order chi connectivity index (χ0) is 8.97. The molecule has 1 heteroatoms. The van der Waals surface area contributed by atoms with Crippen LogP contribution in [0.4, 0.5) is 5.69 Å². The lowest BCUT2D eigenvalue weighted by Crippen LogP contribution is -1.84. The van der Waals surface area contributed by atoms with Crippen molar-refractivity contribution in [2.24, 2.45) is 4.99 Å². The summed E-state index contributed by atoms with van der Waals surface area (Å²) >= 11 is 0.